The van der Waals surface area contributed by atoms with Crippen molar-refractivity contribution >= 4 is 17.6 Å². The van der Waals surface area contributed by atoms with E-state index in [0.717, 1.165) is 19.4 Å². The fourth-order valence-electron chi connectivity index (χ4n) is 2.56. The zero-order valence-corrected chi connectivity index (χ0v) is 12.3. The van der Waals surface area contributed by atoms with Crippen LogP contribution in [0.4, 0.5) is 10.5 Å². The van der Waals surface area contributed by atoms with Crippen LogP contribution in [-0.4, -0.2) is 43.3 Å². The standard InChI is InChI=1S/C15H19N3O4/c19-14-3-1-7-18(14)8-2-6-16-15(20)17-11-4-5-12-13(9-11)22-10-21-12/h4-5,9H,1-3,6-8,10H2,(H2,16,17,20). The summed E-state index contributed by atoms with van der Waals surface area (Å²) < 4.78 is 10.5. The maximum absolute atomic E-state index is 11.8. The number of rotatable bonds is 5. The minimum absolute atomic E-state index is 0.209. The van der Waals surface area contributed by atoms with E-state index in [1.807, 2.05) is 4.90 Å². The van der Waals surface area contributed by atoms with Gasteiger partial charge in [0.15, 0.2) is 11.5 Å². The van der Waals surface area contributed by atoms with Crippen LogP contribution in [0.2, 0.25) is 0 Å². The predicted molar refractivity (Wildman–Crippen MR) is 80.0 cm³/mol. The van der Waals surface area contributed by atoms with Crippen molar-refractivity contribution in [1.29, 1.82) is 0 Å². The Bertz CT molecular complexity index is 576. The van der Waals surface area contributed by atoms with Crippen molar-refractivity contribution < 1.29 is 19.1 Å². The molecule has 3 rings (SSSR count). The number of nitrogens with one attached hydrogen (secondary N) is 2. The number of amides is 3. The molecule has 0 saturated carbocycles. The van der Waals surface area contributed by atoms with Crippen LogP contribution in [0.3, 0.4) is 0 Å². The largest absolute Gasteiger partial charge is 0.454 e. The van der Waals surface area contributed by atoms with Crippen LogP contribution in [0.5, 0.6) is 11.5 Å². The van der Waals surface area contributed by atoms with Gasteiger partial charge in [-0.3, -0.25) is 4.79 Å². The summed E-state index contributed by atoms with van der Waals surface area (Å²) >= 11 is 0. The number of nitrogens with zero attached hydrogens (tertiary/aromatic N) is 1. The molecule has 1 aromatic carbocycles. The van der Waals surface area contributed by atoms with Crippen LogP contribution in [0, 0.1) is 0 Å². The third-order valence-corrected chi connectivity index (χ3v) is 3.69. The fraction of sp³-hybridized carbons (Fsp3) is 0.467. The van der Waals surface area contributed by atoms with E-state index in [0.29, 0.717) is 36.7 Å². The average Bonchev–Trinajstić information content (AvgIpc) is 3.12. The first kappa shape index (κ1) is 14.5. The minimum atomic E-state index is -0.272. The zero-order chi connectivity index (χ0) is 15.4. The third kappa shape index (κ3) is 3.41. The lowest BCUT2D eigenvalue weighted by Gasteiger charge is -2.15. The fourth-order valence-corrected chi connectivity index (χ4v) is 2.56. The summed E-state index contributed by atoms with van der Waals surface area (Å²) in [5.74, 6) is 1.52. The van der Waals surface area contributed by atoms with Crippen molar-refractivity contribution in [2.24, 2.45) is 0 Å². The van der Waals surface area contributed by atoms with Gasteiger partial charge in [0.05, 0.1) is 0 Å². The number of fused-ring (bicyclic) bond motifs is 1. The van der Waals surface area contributed by atoms with Crippen molar-refractivity contribution in [3.63, 3.8) is 0 Å². The lowest BCUT2D eigenvalue weighted by atomic mass is 10.3. The SMILES string of the molecule is O=C(NCCCN1CCCC1=O)Nc1ccc2c(c1)OCO2. The van der Waals surface area contributed by atoms with Gasteiger partial charge in [-0.1, -0.05) is 0 Å². The Balaban J connectivity index is 1.38. The molecule has 0 radical (unpaired) electrons. The van der Waals surface area contributed by atoms with Crippen LogP contribution in [-0.2, 0) is 4.79 Å². The monoisotopic (exact) mass is 305 g/mol. The highest BCUT2D eigenvalue weighted by molar-refractivity contribution is 5.89. The maximum atomic E-state index is 11.8. The Kier molecular flexibility index (Phi) is 4.32. The molecule has 0 atom stereocenters. The van der Waals surface area contributed by atoms with Gasteiger partial charge in [-0.2, -0.15) is 0 Å². The molecule has 1 saturated heterocycles. The van der Waals surface area contributed by atoms with E-state index >= 15 is 0 Å². The zero-order valence-electron chi connectivity index (χ0n) is 12.3. The first-order chi connectivity index (χ1) is 10.7. The van der Waals surface area contributed by atoms with Crippen LogP contribution in [0.25, 0.3) is 0 Å². The normalized spacial score (nSPS) is 16.0. The average molecular weight is 305 g/mol. The molecule has 0 aliphatic carbocycles. The molecule has 2 N–H and O–H groups in total. The van der Waals surface area contributed by atoms with E-state index in [1.165, 1.54) is 0 Å². The molecule has 118 valence electrons. The number of hydrogen-bond acceptors (Lipinski definition) is 4. The molecule has 0 spiro atoms. The summed E-state index contributed by atoms with van der Waals surface area (Å²) in [4.78, 5) is 25.1. The van der Waals surface area contributed by atoms with E-state index < -0.39 is 0 Å². The Morgan fingerprint density at radius 2 is 2.14 bits per heavy atom. The second-order valence-corrected chi connectivity index (χ2v) is 5.29. The number of carbonyl (C=O) groups is 2. The molecule has 0 aromatic heterocycles. The second-order valence-electron chi connectivity index (χ2n) is 5.29. The molecule has 0 unspecified atom stereocenters. The summed E-state index contributed by atoms with van der Waals surface area (Å²) in [6.45, 7) is 2.27. The first-order valence-corrected chi connectivity index (χ1v) is 7.45. The predicted octanol–water partition coefficient (Wildman–Crippen LogP) is 1.55. The Morgan fingerprint density at radius 1 is 1.27 bits per heavy atom. The highest BCUT2D eigenvalue weighted by Crippen LogP contribution is 2.34. The molecule has 0 bridgehead atoms. The van der Waals surface area contributed by atoms with E-state index in [1.54, 1.807) is 18.2 Å². The lowest BCUT2D eigenvalue weighted by Crippen LogP contribution is -2.32. The molecule has 22 heavy (non-hydrogen) atoms. The van der Waals surface area contributed by atoms with Crippen LogP contribution < -0.4 is 20.1 Å². The highest BCUT2D eigenvalue weighted by Gasteiger charge is 2.19. The summed E-state index contributed by atoms with van der Waals surface area (Å²) in [6, 6.07) is 4.98. The van der Waals surface area contributed by atoms with Crippen molar-refractivity contribution in [2.75, 3.05) is 31.7 Å². The number of benzene rings is 1. The maximum Gasteiger partial charge on any atom is 0.319 e. The smallest absolute Gasteiger partial charge is 0.319 e. The Labute approximate surface area is 128 Å². The number of likely N-dealkylation sites (tertiary alicyclic amines) is 1. The number of urea groups is 1. The number of ether oxygens (including phenoxy) is 2. The van der Waals surface area contributed by atoms with Gasteiger partial charge in [-0.05, 0) is 25.0 Å². The van der Waals surface area contributed by atoms with Crippen molar-refractivity contribution in [2.45, 2.75) is 19.3 Å². The molecule has 2 aliphatic rings. The van der Waals surface area contributed by atoms with Gasteiger partial charge in [0.2, 0.25) is 12.7 Å². The summed E-state index contributed by atoms with van der Waals surface area (Å²) in [5, 5.41) is 5.52. The van der Waals surface area contributed by atoms with Gasteiger partial charge in [0, 0.05) is 37.8 Å². The van der Waals surface area contributed by atoms with Gasteiger partial charge in [-0.25, -0.2) is 4.79 Å². The van der Waals surface area contributed by atoms with Crippen molar-refractivity contribution in [3.8, 4) is 11.5 Å². The highest BCUT2D eigenvalue weighted by atomic mass is 16.7. The molecule has 2 aliphatic heterocycles. The van der Waals surface area contributed by atoms with Crippen LogP contribution in [0.15, 0.2) is 18.2 Å². The van der Waals surface area contributed by atoms with Crippen LogP contribution in [0.1, 0.15) is 19.3 Å². The molecule has 2 heterocycles. The summed E-state index contributed by atoms with van der Waals surface area (Å²) in [5.41, 5.74) is 0.650. The van der Waals surface area contributed by atoms with E-state index in [2.05, 4.69) is 10.6 Å². The minimum Gasteiger partial charge on any atom is -0.454 e. The Morgan fingerprint density at radius 3 is 2.95 bits per heavy atom. The van der Waals surface area contributed by atoms with Crippen molar-refractivity contribution in [3.05, 3.63) is 18.2 Å². The quantitative estimate of drug-likeness (QED) is 0.809. The van der Waals surface area contributed by atoms with E-state index in [-0.39, 0.29) is 18.7 Å². The molecule has 1 aromatic rings. The van der Waals surface area contributed by atoms with Gasteiger partial charge < -0.3 is 25.0 Å². The van der Waals surface area contributed by atoms with E-state index in [9.17, 15) is 9.59 Å². The molecule has 3 amide bonds. The van der Waals surface area contributed by atoms with Crippen molar-refractivity contribution in [1.82, 2.24) is 10.2 Å². The number of hydrogen-bond donors (Lipinski definition) is 2. The topological polar surface area (TPSA) is 79.9 Å². The van der Waals surface area contributed by atoms with E-state index in [4.69, 9.17) is 9.47 Å². The molecule has 1 fully saturated rings. The van der Waals surface area contributed by atoms with Gasteiger partial charge in [0.1, 0.15) is 0 Å². The molecule has 7 heteroatoms. The summed E-state index contributed by atoms with van der Waals surface area (Å²) in [6.07, 6.45) is 2.34. The van der Waals surface area contributed by atoms with Gasteiger partial charge >= 0.3 is 6.03 Å². The number of carbonyl (C=O) groups excluding carboxylic acids is 2. The second kappa shape index (κ2) is 6.55. The first-order valence-electron chi connectivity index (χ1n) is 7.45. The van der Waals surface area contributed by atoms with Gasteiger partial charge in [-0.15, -0.1) is 0 Å². The number of anilines is 1. The molecule has 7 nitrogen and oxygen atoms in total. The van der Waals surface area contributed by atoms with Crippen LogP contribution >= 0.6 is 0 Å². The Hall–Kier alpha value is -2.44. The molecular weight excluding hydrogens is 286 g/mol. The summed E-state index contributed by atoms with van der Waals surface area (Å²) in [7, 11) is 0. The van der Waals surface area contributed by atoms with Gasteiger partial charge in [0.25, 0.3) is 0 Å². The third-order valence-electron chi connectivity index (χ3n) is 3.69. The molecular formula is C15H19N3O4. The lowest BCUT2D eigenvalue weighted by molar-refractivity contribution is -0.127.